The van der Waals surface area contributed by atoms with E-state index >= 15 is 0 Å². The second-order valence-corrected chi connectivity index (χ2v) is 5.82. The van der Waals surface area contributed by atoms with Gasteiger partial charge in [0.25, 0.3) is 6.43 Å². The van der Waals surface area contributed by atoms with Crippen molar-refractivity contribution in [2.45, 2.75) is 53.3 Å². The van der Waals surface area contributed by atoms with Gasteiger partial charge in [0, 0.05) is 17.8 Å². The van der Waals surface area contributed by atoms with Crippen LogP contribution in [0.3, 0.4) is 0 Å². The van der Waals surface area contributed by atoms with Gasteiger partial charge in [-0.2, -0.15) is 10.2 Å². The molecule has 0 fully saturated rings. The number of carbonyl (C=O) groups excluding carboxylic acids is 1. The lowest BCUT2D eigenvalue weighted by Gasteiger charge is -2.14. The van der Waals surface area contributed by atoms with Crippen LogP contribution in [0.15, 0.2) is 6.20 Å². The smallest absolute Gasteiger partial charge is 0.319 e. The lowest BCUT2D eigenvalue weighted by molar-refractivity contribution is -0.386. The highest BCUT2D eigenvalue weighted by molar-refractivity contribution is 5.76. The Labute approximate surface area is 148 Å². The third kappa shape index (κ3) is 3.70. The van der Waals surface area contributed by atoms with Gasteiger partial charge in [0.15, 0.2) is 0 Å². The molecule has 1 unspecified atom stereocenters. The average molecular weight is 370 g/mol. The largest absolute Gasteiger partial charge is 0.348 e. The van der Waals surface area contributed by atoms with E-state index in [1.807, 2.05) is 13.8 Å². The van der Waals surface area contributed by atoms with Crippen LogP contribution in [-0.2, 0) is 17.9 Å². The number of rotatable bonds is 7. The minimum absolute atomic E-state index is 0.0944. The van der Waals surface area contributed by atoms with Gasteiger partial charge in [-0.15, -0.1) is 0 Å². The highest BCUT2D eigenvalue weighted by Gasteiger charge is 2.31. The Hall–Kier alpha value is -2.85. The number of halogens is 2. The highest BCUT2D eigenvalue weighted by atomic mass is 19.3. The van der Waals surface area contributed by atoms with E-state index in [1.54, 1.807) is 17.8 Å². The molecule has 1 atom stereocenters. The fourth-order valence-corrected chi connectivity index (χ4v) is 2.79. The number of amides is 1. The maximum atomic E-state index is 12.9. The Bertz CT molecular complexity index is 830. The SMILES string of the molecule is CCn1ncc(C(C)NC(=O)Cn2nc(C(F)F)c([N+](=O)[O-])c2C)c1C. The van der Waals surface area contributed by atoms with Crippen molar-refractivity contribution >= 4 is 11.6 Å². The van der Waals surface area contributed by atoms with Crippen LogP contribution in [0.1, 0.15) is 49.0 Å². The quantitative estimate of drug-likeness (QED) is 0.595. The standard InChI is InChI=1S/C15H20F2N6O3/c1-5-21-9(3)11(6-18-21)8(2)19-12(24)7-22-10(4)14(23(25)26)13(20-22)15(16)17/h6,8,15H,5,7H2,1-4H3,(H,19,24). The van der Waals surface area contributed by atoms with Crippen LogP contribution in [0.4, 0.5) is 14.5 Å². The van der Waals surface area contributed by atoms with Crippen LogP contribution in [0.5, 0.6) is 0 Å². The third-order valence-electron chi connectivity index (χ3n) is 4.17. The van der Waals surface area contributed by atoms with Crippen molar-refractivity contribution in [2.75, 3.05) is 0 Å². The summed E-state index contributed by atoms with van der Waals surface area (Å²) in [6.07, 6.45) is -1.44. The summed E-state index contributed by atoms with van der Waals surface area (Å²) in [6.45, 7) is 7.17. The van der Waals surface area contributed by atoms with Crippen molar-refractivity contribution in [2.24, 2.45) is 0 Å². The predicted octanol–water partition coefficient (Wildman–Crippen LogP) is 2.44. The molecule has 2 aromatic heterocycles. The fraction of sp³-hybridized carbons (Fsp3) is 0.533. The second-order valence-electron chi connectivity index (χ2n) is 5.82. The van der Waals surface area contributed by atoms with Gasteiger partial charge in [0.05, 0.1) is 17.2 Å². The molecule has 26 heavy (non-hydrogen) atoms. The van der Waals surface area contributed by atoms with E-state index in [2.05, 4.69) is 15.5 Å². The van der Waals surface area contributed by atoms with Gasteiger partial charge in [-0.05, 0) is 27.7 Å². The van der Waals surface area contributed by atoms with Gasteiger partial charge < -0.3 is 5.32 Å². The topological polar surface area (TPSA) is 108 Å². The Morgan fingerprint density at radius 3 is 2.46 bits per heavy atom. The van der Waals surface area contributed by atoms with Gasteiger partial charge in [-0.3, -0.25) is 24.3 Å². The lowest BCUT2D eigenvalue weighted by atomic mass is 10.1. The summed E-state index contributed by atoms with van der Waals surface area (Å²) in [5.74, 6) is -0.498. The van der Waals surface area contributed by atoms with E-state index in [0.29, 0.717) is 6.54 Å². The molecular formula is C15H20F2N6O3. The molecule has 0 bridgehead atoms. The summed E-state index contributed by atoms with van der Waals surface area (Å²) in [4.78, 5) is 22.3. The van der Waals surface area contributed by atoms with E-state index in [0.717, 1.165) is 15.9 Å². The summed E-state index contributed by atoms with van der Waals surface area (Å²) < 4.78 is 28.6. The molecule has 1 amide bonds. The van der Waals surface area contributed by atoms with Gasteiger partial charge in [-0.25, -0.2) is 8.78 Å². The first kappa shape index (κ1) is 19.5. The zero-order valence-corrected chi connectivity index (χ0v) is 14.9. The van der Waals surface area contributed by atoms with E-state index in [-0.39, 0.29) is 11.7 Å². The van der Waals surface area contributed by atoms with Crippen LogP contribution in [0.2, 0.25) is 0 Å². The number of carbonyl (C=O) groups is 1. The molecule has 2 aromatic rings. The monoisotopic (exact) mass is 370 g/mol. The number of alkyl halides is 2. The number of nitro groups is 1. The van der Waals surface area contributed by atoms with Gasteiger partial charge in [-0.1, -0.05) is 0 Å². The van der Waals surface area contributed by atoms with Crippen molar-refractivity contribution in [3.63, 3.8) is 0 Å². The molecule has 2 heterocycles. The average Bonchev–Trinajstić information content (AvgIpc) is 3.08. The number of hydrogen-bond donors (Lipinski definition) is 1. The first-order chi connectivity index (χ1) is 12.2. The maximum Gasteiger partial charge on any atom is 0.319 e. The van der Waals surface area contributed by atoms with Gasteiger partial charge >= 0.3 is 5.69 Å². The zero-order valence-electron chi connectivity index (χ0n) is 14.9. The second kappa shape index (κ2) is 7.58. The van der Waals surface area contributed by atoms with Crippen LogP contribution >= 0.6 is 0 Å². The maximum absolute atomic E-state index is 12.9. The first-order valence-electron chi connectivity index (χ1n) is 7.98. The van der Waals surface area contributed by atoms with E-state index < -0.39 is 35.2 Å². The molecule has 1 N–H and O–H groups in total. The summed E-state index contributed by atoms with van der Waals surface area (Å²) >= 11 is 0. The highest BCUT2D eigenvalue weighted by Crippen LogP contribution is 2.30. The summed E-state index contributed by atoms with van der Waals surface area (Å²) in [7, 11) is 0. The minimum Gasteiger partial charge on any atom is -0.348 e. The van der Waals surface area contributed by atoms with Crippen LogP contribution in [-0.4, -0.2) is 30.4 Å². The number of hydrogen-bond acceptors (Lipinski definition) is 5. The number of nitrogens with one attached hydrogen (secondary N) is 1. The molecular weight excluding hydrogens is 350 g/mol. The van der Waals surface area contributed by atoms with Crippen molar-refractivity contribution in [3.8, 4) is 0 Å². The van der Waals surface area contributed by atoms with E-state index in [1.165, 1.54) is 6.92 Å². The molecule has 9 nitrogen and oxygen atoms in total. The lowest BCUT2D eigenvalue weighted by Crippen LogP contribution is -2.31. The number of nitrogens with zero attached hydrogens (tertiary/aromatic N) is 5. The normalized spacial score (nSPS) is 12.4. The molecule has 0 aromatic carbocycles. The van der Waals surface area contributed by atoms with Crippen molar-refractivity contribution in [3.05, 3.63) is 39.0 Å². The Balaban J connectivity index is 2.16. The molecule has 0 saturated heterocycles. The zero-order chi connectivity index (χ0) is 19.6. The predicted molar refractivity (Wildman–Crippen MR) is 87.8 cm³/mol. The molecule has 11 heteroatoms. The molecule has 2 rings (SSSR count). The van der Waals surface area contributed by atoms with Crippen LogP contribution < -0.4 is 5.32 Å². The Morgan fingerprint density at radius 1 is 1.35 bits per heavy atom. The summed E-state index contributed by atoms with van der Waals surface area (Å²) in [6, 6.07) is -0.358. The Morgan fingerprint density at radius 2 is 2.00 bits per heavy atom. The van der Waals surface area contributed by atoms with Crippen molar-refractivity contribution in [1.82, 2.24) is 24.9 Å². The molecule has 0 spiro atoms. The van der Waals surface area contributed by atoms with Crippen molar-refractivity contribution in [1.29, 1.82) is 0 Å². The first-order valence-corrected chi connectivity index (χ1v) is 7.98. The van der Waals surface area contributed by atoms with Gasteiger partial charge in [0.1, 0.15) is 12.2 Å². The minimum atomic E-state index is -3.10. The number of aryl methyl sites for hydroxylation is 1. The summed E-state index contributed by atoms with van der Waals surface area (Å²) in [5, 5.41) is 21.5. The molecule has 0 aliphatic carbocycles. The molecule has 0 saturated carbocycles. The Kier molecular flexibility index (Phi) is 5.68. The van der Waals surface area contributed by atoms with Gasteiger partial charge in [0.2, 0.25) is 11.6 Å². The molecule has 142 valence electrons. The number of aromatic nitrogens is 4. The molecule has 0 radical (unpaired) electrons. The molecule has 0 aliphatic rings. The van der Waals surface area contributed by atoms with E-state index in [9.17, 15) is 23.7 Å². The third-order valence-corrected chi connectivity index (χ3v) is 4.17. The van der Waals surface area contributed by atoms with Crippen molar-refractivity contribution < 1.29 is 18.5 Å². The van der Waals surface area contributed by atoms with E-state index in [4.69, 9.17) is 0 Å². The molecule has 0 aliphatic heterocycles. The summed E-state index contributed by atoms with van der Waals surface area (Å²) in [5.41, 5.74) is -0.0553. The van der Waals surface area contributed by atoms with Crippen LogP contribution in [0.25, 0.3) is 0 Å². The fourth-order valence-electron chi connectivity index (χ4n) is 2.79. The van der Waals surface area contributed by atoms with Crippen LogP contribution in [0, 0.1) is 24.0 Å².